The molecule has 0 aromatic heterocycles. The number of carbonyl (C=O) groups is 1. The van der Waals surface area contributed by atoms with Gasteiger partial charge in [0.1, 0.15) is 0 Å². The molecule has 3 heteroatoms. The number of hydrogen-bond acceptors (Lipinski definition) is 2. The van der Waals surface area contributed by atoms with Gasteiger partial charge < -0.3 is 4.74 Å². The van der Waals surface area contributed by atoms with Crippen LogP contribution in [-0.2, 0) is 14.6 Å². The molecule has 0 saturated heterocycles. The Hall–Kier alpha value is -0.570. The van der Waals surface area contributed by atoms with Gasteiger partial charge >= 0.3 is 5.97 Å². The first-order valence-corrected chi connectivity index (χ1v) is 3.46. The van der Waals surface area contributed by atoms with Crippen molar-refractivity contribution < 1.29 is 14.6 Å². The molecule has 3 nitrogen and oxygen atoms in total. The molecule has 0 bridgehead atoms. The first kappa shape index (κ1) is 9.43. The highest BCUT2D eigenvalue weighted by Gasteiger charge is 1.97. The lowest BCUT2D eigenvalue weighted by Gasteiger charge is -1.96. The highest BCUT2D eigenvalue weighted by Crippen LogP contribution is 1.99. The second-order valence-electron chi connectivity index (χ2n) is 2.09. The van der Waals surface area contributed by atoms with E-state index in [1.54, 1.807) is 0 Å². The number of ether oxygens (including phenoxy) is 1. The van der Waals surface area contributed by atoms with Crippen molar-refractivity contribution in [2.45, 2.75) is 25.7 Å². The number of unbranched alkanes of at least 4 members (excludes halogenated alkanes) is 2. The summed E-state index contributed by atoms with van der Waals surface area (Å²) in [5.74, 6) is -0.189. The molecule has 0 aliphatic carbocycles. The van der Waals surface area contributed by atoms with Crippen molar-refractivity contribution in [2.24, 2.45) is 0 Å². The molecule has 0 aliphatic rings. The van der Waals surface area contributed by atoms with Crippen LogP contribution in [-0.4, -0.2) is 19.7 Å². The Bertz CT molecular complexity index is 90.9. The van der Waals surface area contributed by atoms with Crippen LogP contribution in [0.15, 0.2) is 0 Å². The Morgan fingerprint density at radius 3 is 2.50 bits per heavy atom. The largest absolute Gasteiger partial charge is 0.469 e. The van der Waals surface area contributed by atoms with E-state index in [9.17, 15) is 9.90 Å². The molecule has 0 heterocycles. The van der Waals surface area contributed by atoms with Crippen LogP contribution >= 0.6 is 0 Å². The second-order valence-corrected chi connectivity index (χ2v) is 2.09. The van der Waals surface area contributed by atoms with Gasteiger partial charge in [-0.05, 0) is 12.8 Å². The normalized spacial score (nSPS) is 9.40. The zero-order valence-corrected chi connectivity index (χ0v) is 6.26. The molecular weight excluding hydrogens is 132 g/mol. The Labute approximate surface area is 61.0 Å². The topological polar surface area (TPSA) is 46.2 Å². The summed E-state index contributed by atoms with van der Waals surface area (Å²) in [7, 11) is 1.37. The quantitative estimate of drug-likeness (QED) is 0.430. The molecule has 0 spiro atoms. The summed E-state index contributed by atoms with van der Waals surface area (Å²) in [5.41, 5.74) is 0. The molecule has 0 aliphatic heterocycles. The third kappa shape index (κ3) is 5.56. The summed E-state index contributed by atoms with van der Waals surface area (Å²) >= 11 is 0. The van der Waals surface area contributed by atoms with Crippen LogP contribution in [0.4, 0.5) is 0 Å². The predicted octanol–water partition coefficient (Wildman–Crippen LogP) is 1.15. The maximum Gasteiger partial charge on any atom is 0.305 e. The number of hydrogen-bond donors (Lipinski definition) is 0. The summed E-state index contributed by atoms with van der Waals surface area (Å²) in [6.07, 6.45) is 2.71. The lowest BCUT2D eigenvalue weighted by molar-refractivity contribution is -0.140. The standard InChI is InChI=1S/C7H13O3/c1-10-7(9)5-3-2-4-6-8/h2-6H2,1H3. The molecule has 0 rings (SSSR count). The van der Waals surface area contributed by atoms with E-state index in [1.807, 2.05) is 0 Å². The van der Waals surface area contributed by atoms with E-state index >= 15 is 0 Å². The van der Waals surface area contributed by atoms with Gasteiger partial charge in [-0.1, -0.05) is 6.42 Å². The van der Waals surface area contributed by atoms with Gasteiger partial charge in [-0.2, -0.15) is 0 Å². The summed E-state index contributed by atoms with van der Waals surface area (Å²) < 4.78 is 4.41. The highest BCUT2D eigenvalue weighted by atomic mass is 16.5. The molecule has 10 heavy (non-hydrogen) atoms. The first-order chi connectivity index (χ1) is 4.81. The summed E-state index contributed by atoms with van der Waals surface area (Å²) in [5, 5.41) is 9.93. The highest BCUT2D eigenvalue weighted by molar-refractivity contribution is 5.68. The van der Waals surface area contributed by atoms with Gasteiger partial charge in [0.25, 0.3) is 0 Å². The van der Waals surface area contributed by atoms with Gasteiger partial charge in [0, 0.05) is 6.42 Å². The molecule has 0 aromatic rings. The average molecular weight is 145 g/mol. The maximum absolute atomic E-state index is 10.5. The minimum Gasteiger partial charge on any atom is -0.469 e. The van der Waals surface area contributed by atoms with Crippen LogP contribution in [0.2, 0.25) is 0 Å². The summed E-state index contributed by atoms with van der Waals surface area (Å²) in [6, 6.07) is 0. The molecule has 0 saturated carbocycles. The summed E-state index contributed by atoms with van der Waals surface area (Å²) in [4.78, 5) is 10.5. The lowest BCUT2D eigenvalue weighted by atomic mass is 10.2. The zero-order valence-electron chi connectivity index (χ0n) is 6.26. The van der Waals surface area contributed by atoms with E-state index in [1.165, 1.54) is 7.11 Å². The van der Waals surface area contributed by atoms with Gasteiger partial charge in [0.05, 0.1) is 13.7 Å². The van der Waals surface area contributed by atoms with Crippen LogP contribution in [0.5, 0.6) is 0 Å². The van der Waals surface area contributed by atoms with E-state index in [2.05, 4.69) is 4.74 Å². The van der Waals surface area contributed by atoms with Crippen LogP contribution in [0, 0.1) is 0 Å². The molecule has 0 amide bonds. The predicted molar refractivity (Wildman–Crippen MR) is 36.0 cm³/mol. The maximum atomic E-state index is 10.5. The van der Waals surface area contributed by atoms with Crippen LogP contribution in [0.3, 0.4) is 0 Å². The van der Waals surface area contributed by atoms with Gasteiger partial charge in [0.2, 0.25) is 0 Å². The van der Waals surface area contributed by atoms with Crippen molar-refractivity contribution in [1.82, 2.24) is 0 Å². The minimum absolute atomic E-state index is 0.0405. The zero-order chi connectivity index (χ0) is 7.82. The van der Waals surface area contributed by atoms with Crippen LogP contribution < -0.4 is 0 Å². The van der Waals surface area contributed by atoms with Gasteiger partial charge in [-0.3, -0.25) is 4.79 Å². The molecule has 1 radical (unpaired) electrons. The van der Waals surface area contributed by atoms with E-state index in [0.717, 1.165) is 12.8 Å². The van der Waals surface area contributed by atoms with Crippen molar-refractivity contribution in [3.8, 4) is 0 Å². The van der Waals surface area contributed by atoms with Gasteiger partial charge in [-0.25, -0.2) is 5.11 Å². The number of carbonyl (C=O) groups excluding carboxylic acids is 1. The van der Waals surface area contributed by atoms with E-state index in [4.69, 9.17) is 0 Å². The van der Waals surface area contributed by atoms with Crippen molar-refractivity contribution in [2.75, 3.05) is 13.7 Å². The SMILES string of the molecule is COC(=O)CCCCC[O]. The third-order valence-electron chi connectivity index (χ3n) is 1.25. The molecule has 0 fully saturated rings. The first-order valence-electron chi connectivity index (χ1n) is 3.46. The Balaban J connectivity index is 2.96. The van der Waals surface area contributed by atoms with E-state index < -0.39 is 0 Å². The van der Waals surface area contributed by atoms with E-state index in [0.29, 0.717) is 12.8 Å². The Kier molecular flexibility index (Phi) is 6.18. The molecule has 59 valence electrons. The molecule has 0 atom stereocenters. The lowest BCUT2D eigenvalue weighted by Crippen LogP contribution is -1.99. The van der Waals surface area contributed by atoms with Gasteiger partial charge in [0.15, 0.2) is 0 Å². The fraction of sp³-hybridized carbons (Fsp3) is 0.857. The fourth-order valence-corrected chi connectivity index (χ4v) is 0.650. The Morgan fingerprint density at radius 1 is 1.30 bits per heavy atom. The van der Waals surface area contributed by atoms with Gasteiger partial charge in [-0.15, -0.1) is 0 Å². The molecule has 0 aromatic carbocycles. The average Bonchev–Trinajstić information content (AvgIpc) is 1.98. The third-order valence-corrected chi connectivity index (χ3v) is 1.25. The van der Waals surface area contributed by atoms with Crippen LogP contribution in [0.25, 0.3) is 0 Å². The van der Waals surface area contributed by atoms with Crippen molar-refractivity contribution in [3.63, 3.8) is 0 Å². The smallest absolute Gasteiger partial charge is 0.305 e. The monoisotopic (exact) mass is 145 g/mol. The fourth-order valence-electron chi connectivity index (χ4n) is 0.650. The number of methoxy groups -OCH3 is 1. The van der Waals surface area contributed by atoms with Crippen LogP contribution in [0.1, 0.15) is 25.7 Å². The minimum atomic E-state index is -0.189. The second kappa shape index (κ2) is 6.55. The van der Waals surface area contributed by atoms with E-state index in [-0.39, 0.29) is 12.6 Å². The molecule has 0 N–H and O–H groups in total. The summed E-state index contributed by atoms with van der Waals surface area (Å²) in [6.45, 7) is -0.0405. The number of esters is 1. The molecule has 0 unspecified atom stereocenters. The van der Waals surface area contributed by atoms with Crippen molar-refractivity contribution >= 4 is 5.97 Å². The molecular formula is C7H13O3. The Morgan fingerprint density at radius 2 is 2.00 bits per heavy atom. The van der Waals surface area contributed by atoms with Crippen molar-refractivity contribution in [1.29, 1.82) is 0 Å². The number of rotatable bonds is 5. The van der Waals surface area contributed by atoms with Crippen molar-refractivity contribution in [3.05, 3.63) is 0 Å².